The van der Waals surface area contributed by atoms with Gasteiger partial charge in [-0.3, -0.25) is 9.69 Å². The van der Waals surface area contributed by atoms with Crippen LogP contribution in [0.4, 0.5) is 0 Å². The number of ether oxygens (including phenoxy) is 1. The zero-order valence-corrected chi connectivity index (χ0v) is 17.5. The van der Waals surface area contributed by atoms with Crippen molar-refractivity contribution < 1.29 is 24.9 Å². The first-order valence-corrected chi connectivity index (χ1v) is 10.2. The lowest BCUT2D eigenvalue weighted by atomic mass is 9.87. The third-order valence-corrected chi connectivity index (χ3v) is 5.65. The minimum atomic E-state index is -1.33. The van der Waals surface area contributed by atoms with Crippen molar-refractivity contribution in [3.8, 4) is 5.75 Å². The summed E-state index contributed by atoms with van der Waals surface area (Å²) in [5.74, 6) is 0.209. The van der Waals surface area contributed by atoms with Crippen LogP contribution in [0.1, 0.15) is 29.7 Å². The number of hydrogen-bond acceptors (Lipinski definition) is 6. The Morgan fingerprint density at radius 1 is 1.17 bits per heavy atom. The normalized spacial score (nSPS) is 24.6. The molecule has 1 aliphatic heterocycles. The van der Waals surface area contributed by atoms with E-state index in [0.29, 0.717) is 23.6 Å². The van der Waals surface area contributed by atoms with Gasteiger partial charge in [-0.05, 0) is 48.2 Å². The van der Waals surface area contributed by atoms with Crippen molar-refractivity contribution in [2.75, 3.05) is 19.7 Å². The fourth-order valence-electron chi connectivity index (χ4n) is 3.87. The quantitative estimate of drug-likeness (QED) is 0.521. The molecule has 3 rings (SSSR count). The Kier molecular flexibility index (Phi) is 7.33. The van der Waals surface area contributed by atoms with E-state index in [-0.39, 0.29) is 13.1 Å². The first kappa shape index (κ1) is 22.5. The van der Waals surface area contributed by atoms with Crippen molar-refractivity contribution in [1.82, 2.24) is 4.90 Å². The molecule has 0 unspecified atom stereocenters. The Bertz CT molecular complexity index is 876. The van der Waals surface area contributed by atoms with Gasteiger partial charge in [0, 0.05) is 11.6 Å². The van der Waals surface area contributed by atoms with Crippen LogP contribution < -0.4 is 10.5 Å². The number of nitrogens with zero attached hydrogens (tertiary/aromatic N) is 1. The number of benzene rings is 2. The maximum atomic E-state index is 11.5. The molecule has 2 aromatic carbocycles. The van der Waals surface area contributed by atoms with Crippen LogP contribution in [0, 0.1) is 0 Å². The molecule has 0 radical (unpaired) electrons. The van der Waals surface area contributed by atoms with Crippen LogP contribution in [-0.4, -0.2) is 64.1 Å². The van der Waals surface area contributed by atoms with Gasteiger partial charge in [-0.1, -0.05) is 35.9 Å². The Labute approximate surface area is 180 Å². The topological polar surface area (TPSA) is 116 Å². The van der Waals surface area contributed by atoms with Crippen LogP contribution in [0.15, 0.2) is 42.5 Å². The molecule has 1 saturated heterocycles. The van der Waals surface area contributed by atoms with Crippen molar-refractivity contribution in [3.63, 3.8) is 0 Å². The number of amides is 1. The summed E-state index contributed by atoms with van der Waals surface area (Å²) >= 11 is 6.41. The van der Waals surface area contributed by atoms with Crippen molar-refractivity contribution in [1.29, 1.82) is 0 Å². The first-order valence-electron chi connectivity index (χ1n) is 9.86. The molecule has 1 amide bonds. The van der Waals surface area contributed by atoms with Gasteiger partial charge in [0.2, 0.25) is 5.91 Å². The molecule has 162 valence electrons. The smallest absolute Gasteiger partial charge is 0.231 e. The largest absolute Gasteiger partial charge is 0.494 e. The number of aliphatic hydroxyl groups excluding tert-OH is 3. The molecule has 0 saturated carbocycles. The van der Waals surface area contributed by atoms with Gasteiger partial charge in [0.05, 0.1) is 25.3 Å². The van der Waals surface area contributed by atoms with E-state index in [1.807, 2.05) is 37.3 Å². The van der Waals surface area contributed by atoms with Gasteiger partial charge >= 0.3 is 0 Å². The molecular formula is C22H27ClN2O5. The van der Waals surface area contributed by atoms with Gasteiger partial charge in [-0.15, -0.1) is 0 Å². The second-order valence-electron chi connectivity index (χ2n) is 7.49. The van der Waals surface area contributed by atoms with Gasteiger partial charge in [-0.25, -0.2) is 0 Å². The average Bonchev–Trinajstić information content (AvgIpc) is 2.70. The van der Waals surface area contributed by atoms with Gasteiger partial charge in [-0.2, -0.15) is 0 Å². The molecule has 0 aromatic heterocycles. The molecule has 1 fully saturated rings. The predicted octanol–water partition coefficient (Wildman–Crippen LogP) is 1.25. The van der Waals surface area contributed by atoms with E-state index in [9.17, 15) is 20.1 Å². The number of nitrogens with two attached hydrogens (primary N) is 1. The highest BCUT2D eigenvalue weighted by Gasteiger charge is 2.42. The van der Waals surface area contributed by atoms with E-state index in [1.165, 1.54) is 0 Å². The van der Waals surface area contributed by atoms with Crippen LogP contribution in [-0.2, 0) is 11.2 Å². The van der Waals surface area contributed by atoms with E-state index < -0.39 is 30.3 Å². The lowest BCUT2D eigenvalue weighted by Gasteiger charge is -2.43. The first-order chi connectivity index (χ1) is 14.3. The number of halogens is 1. The van der Waals surface area contributed by atoms with Crippen LogP contribution in [0.2, 0.25) is 5.02 Å². The second-order valence-corrected chi connectivity index (χ2v) is 7.90. The number of hydrogen-bond donors (Lipinski definition) is 4. The molecule has 7 nitrogen and oxygen atoms in total. The Morgan fingerprint density at radius 3 is 2.50 bits per heavy atom. The zero-order chi connectivity index (χ0) is 21.8. The van der Waals surface area contributed by atoms with E-state index in [2.05, 4.69) is 0 Å². The highest BCUT2D eigenvalue weighted by Crippen LogP contribution is 2.34. The minimum absolute atomic E-state index is 0.0166. The number of primary amides is 1. The molecule has 5 N–H and O–H groups in total. The maximum Gasteiger partial charge on any atom is 0.231 e. The summed E-state index contributed by atoms with van der Waals surface area (Å²) in [5, 5.41) is 31.4. The monoisotopic (exact) mass is 434 g/mol. The number of carbonyl (C=O) groups excluding carboxylic acids is 1. The highest BCUT2D eigenvalue weighted by molar-refractivity contribution is 6.31. The minimum Gasteiger partial charge on any atom is -0.494 e. The number of piperidine rings is 1. The zero-order valence-electron chi connectivity index (χ0n) is 16.7. The van der Waals surface area contributed by atoms with Gasteiger partial charge in [0.15, 0.2) is 0 Å². The summed E-state index contributed by atoms with van der Waals surface area (Å²) in [6.07, 6.45) is -3.23. The lowest BCUT2D eigenvalue weighted by molar-refractivity contribution is -0.145. The summed E-state index contributed by atoms with van der Waals surface area (Å²) < 4.78 is 5.47. The Balaban J connectivity index is 1.88. The molecule has 30 heavy (non-hydrogen) atoms. The van der Waals surface area contributed by atoms with E-state index in [0.717, 1.165) is 16.9 Å². The maximum absolute atomic E-state index is 11.5. The second kappa shape index (κ2) is 9.76. The van der Waals surface area contributed by atoms with Gasteiger partial charge in [0.1, 0.15) is 18.0 Å². The number of likely N-dealkylation sites (tertiary alicyclic amines) is 1. The summed E-state index contributed by atoms with van der Waals surface area (Å²) in [6, 6.07) is 12.3. The number of rotatable bonds is 7. The van der Waals surface area contributed by atoms with Crippen LogP contribution in [0.5, 0.6) is 5.75 Å². The molecule has 1 aliphatic rings. The van der Waals surface area contributed by atoms with E-state index >= 15 is 0 Å². The third kappa shape index (κ3) is 5.11. The predicted molar refractivity (Wildman–Crippen MR) is 113 cm³/mol. The summed E-state index contributed by atoms with van der Waals surface area (Å²) in [5.41, 5.74) is 7.89. The highest BCUT2D eigenvalue weighted by atomic mass is 35.5. The molecule has 0 spiro atoms. The molecule has 8 heteroatoms. The Hall–Kier alpha value is -2.16. The van der Waals surface area contributed by atoms with Crippen molar-refractivity contribution in [3.05, 3.63) is 64.2 Å². The molecule has 0 aliphatic carbocycles. The fourth-order valence-corrected chi connectivity index (χ4v) is 4.05. The molecule has 1 heterocycles. The van der Waals surface area contributed by atoms with Crippen LogP contribution in [0.25, 0.3) is 0 Å². The number of aliphatic hydroxyl groups is 3. The van der Waals surface area contributed by atoms with Crippen molar-refractivity contribution >= 4 is 17.5 Å². The summed E-state index contributed by atoms with van der Waals surface area (Å²) in [6.45, 7) is 2.39. The Morgan fingerprint density at radius 2 is 1.87 bits per heavy atom. The average molecular weight is 435 g/mol. The SMILES string of the molecule is CCOc1ccc(Cc2cc([C@H]3[C@H](O)[C@@H](O)[C@H](O)CN3CC(N)=O)ccc2Cl)cc1. The molecule has 2 aromatic rings. The number of β-amino-alcohol motifs (C(OH)–C–C–N with tert-alkyl or cyclic N) is 1. The fraction of sp³-hybridized carbons (Fsp3) is 0.409. The van der Waals surface area contributed by atoms with Crippen LogP contribution >= 0.6 is 11.6 Å². The standard InChI is InChI=1S/C22H27ClN2O5/c1-2-30-16-6-3-13(4-7-16)9-15-10-14(5-8-17(15)23)20-22(29)21(28)18(26)11-25(20)12-19(24)27/h3-8,10,18,20-22,26,28-29H,2,9,11-12H2,1H3,(H2,24,27)/t18-,20+,21+,22+/m1/s1. The lowest BCUT2D eigenvalue weighted by Crippen LogP contribution is -2.58. The molecular weight excluding hydrogens is 408 g/mol. The third-order valence-electron chi connectivity index (χ3n) is 5.28. The van der Waals surface area contributed by atoms with E-state index in [4.69, 9.17) is 22.1 Å². The summed E-state index contributed by atoms with van der Waals surface area (Å²) in [4.78, 5) is 13.1. The van der Waals surface area contributed by atoms with Crippen LogP contribution in [0.3, 0.4) is 0 Å². The van der Waals surface area contributed by atoms with Crippen molar-refractivity contribution in [2.24, 2.45) is 5.73 Å². The van der Waals surface area contributed by atoms with Gasteiger partial charge < -0.3 is 25.8 Å². The van der Waals surface area contributed by atoms with Crippen molar-refractivity contribution in [2.45, 2.75) is 37.7 Å². The molecule has 4 atom stereocenters. The number of carbonyl (C=O) groups is 1. The van der Waals surface area contributed by atoms with E-state index in [1.54, 1.807) is 17.0 Å². The summed E-state index contributed by atoms with van der Waals surface area (Å²) in [7, 11) is 0. The molecule has 0 bridgehead atoms. The van der Waals surface area contributed by atoms with Gasteiger partial charge in [0.25, 0.3) is 0 Å².